The molecule has 0 bridgehead atoms. The maximum absolute atomic E-state index is 3.80. The second kappa shape index (κ2) is 4.94. The Morgan fingerprint density at radius 1 is 1.29 bits per heavy atom. The molecule has 1 unspecified atom stereocenters. The Balaban J connectivity index is 1.74. The summed E-state index contributed by atoms with van der Waals surface area (Å²) in [5.41, 5.74) is 0. The predicted octanol–water partition coefficient (Wildman–Crippen LogP) is 1.64. The van der Waals surface area contributed by atoms with Crippen LogP contribution >= 0.6 is 0 Å². The summed E-state index contributed by atoms with van der Waals surface area (Å²) in [5, 5.41) is 3.63. The van der Waals surface area contributed by atoms with Crippen molar-refractivity contribution in [3.05, 3.63) is 12.7 Å². The highest BCUT2D eigenvalue weighted by atomic mass is 15.1. The third-order valence-electron chi connectivity index (χ3n) is 3.69. The summed E-state index contributed by atoms with van der Waals surface area (Å²) in [7, 11) is 0. The van der Waals surface area contributed by atoms with Crippen molar-refractivity contribution in [3.63, 3.8) is 0 Å². The maximum atomic E-state index is 3.80. The van der Waals surface area contributed by atoms with Crippen molar-refractivity contribution < 1.29 is 0 Å². The van der Waals surface area contributed by atoms with Crippen LogP contribution in [0.1, 0.15) is 25.7 Å². The van der Waals surface area contributed by atoms with E-state index in [9.17, 15) is 0 Å². The Hall–Kier alpha value is -0.340. The average Bonchev–Trinajstić information content (AvgIpc) is 2.72. The van der Waals surface area contributed by atoms with E-state index in [4.69, 9.17) is 0 Å². The Morgan fingerprint density at radius 3 is 2.64 bits per heavy atom. The summed E-state index contributed by atoms with van der Waals surface area (Å²) in [5.74, 6) is 0.943. The molecule has 80 valence electrons. The minimum absolute atomic E-state index is 0.834. The highest BCUT2D eigenvalue weighted by Crippen LogP contribution is 2.25. The molecule has 0 aromatic rings. The average molecular weight is 194 g/mol. The van der Waals surface area contributed by atoms with Gasteiger partial charge in [-0.25, -0.2) is 0 Å². The summed E-state index contributed by atoms with van der Waals surface area (Å²) in [6.45, 7) is 8.66. The molecule has 2 nitrogen and oxygen atoms in total. The van der Waals surface area contributed by atoms with Crippen molar-refractivity contribution in [2.75, 3.05) is 26.2 Å². The topological polar surface area (TPSA) is 15.3 Å². The quantitative estimate of drug-likeness (QED) is 0.687. The Kier molecular flexibility index (Phi) is 3.60. The third-order valence-corrected chi connectivity index (χ3v) is 3.69. The van der Waals surface area contributed by atoms with Gasteiger partial charge in [0.1, 0.15) is 0 Å². The molecule has 0 aromatic heterocycles. The summed E-state index contributed by atoms with van der Waals surface area (Å²) in [6.07, 6.45) is 7.58. The first-order valence-electron chi connectivity index (χ1n) is 5.97. The first-order valence-corrected chi connectivity index (χ1v) is 5.97. The molecule has 1 N–H and O–H groups in total. The molecule has 14 heavy (non-hydrogen) atoms. The van der Waals surface area contributed by atoms with Crippen LogP contribution in [0.4, 0.5) is 0 Å². The number of piperidine rings is 1. The van der Waals surface area contributed by atoms with Gasteiger partial charge in [-0.15, -0.1) is 6.58 Å². The molecule has 2 saturated heterocycles. The van der Waals surface area contributed by atoms with E-state index in [1.165, 1.54) is 45.3 Å². The normalized spacial score (nSPS) is 30.7. The van der Waals surface area contributed by atoms with Crippen molar-refractivity contribution >= 4 is 0 Å². The van der Waals surface area contributed by atoms with E-state index in [0.717, 1.165) is 18.5 Å². The molecular formula is C12H22N2. The van der Waals surface area contributed by atoms with E-state index in [0.29, 0.717) is 0 Å². The molecule has 1 atom stereocenters. The lowest BCUT2D eigenvalue weighted by atomic mass is 9.88. The third kappa shape index (κ3) is 2.37. The van der Waals surface area contributed by atoms with Gasteiger partial charge in [-0.3, -0.25) is 4.90 Å². The van der Waals surface area contributed by atoms with Crippen molar-refractivity contribution in [3.8, 4) is 0 Å². The number of rotatable bonds is 3. The van der Waals surface area contributed by atoms with E-state index in [1.807, 2.05) is 6.08 Å². The second-order valence-electron chi connectivity index (χ2n) is 4.63. The van der Waals surface area contributed by atoms with Gasteiger partial charge in [-0.2, -0.15) is 0 Å². The lowest BCUT2D eigenvalue weighted by Crippen LogP contribution is -2.40. The molecule has 0 amide bonds. The summed E-state index contributed by atoms with van der Waals surface area (Å²) in [6, 6.07) is 0.834. The predicted molar refractivity (Wildman–Crippen MR) is 60.4 cm³/mol. The molecule has 2 heterocycles. The van der Waals surface area contributed by atoms with E-state index < -0.39 is 0 Å². The van der Waals surface area contributed by atoms with Crippen molar-refractivity contribution in [2.45, 2.75) is 31.7 Å². The van der Waals surface area contributed by atoms with Gasteiger partial charge in [0.05, 0.1) is 0 Å². The fourth-order valence-electron chi connectivity index (χ4n) is 2.83. The fourth-order valence-corrected chi connectivity index (χ4v) is 2.83. The highest BCUT2D eigenvalue weighted by Gasteiger charge is 2.27. The van der Waals surface area contributed by atoms with Crippen LogP contribution in [0.5, 0.6) is 0 Å². The Labute approximate surface area is 87.4 Å². The van der Waals surface area contributed by atoms with E-state index in [1.54, 1.807) is 0 Å². The molecule has 0 aliphatic carbocycles. The van der Waals surface area contributed by atoms with Crippen molar-refractivity contribution in [2.24, 2.45) is 5.92 Å². The molecule has 2 fully saturated rings. The van der Waals surface area contributed by atoms with Gasteiger partial charge in [0, 0.05) is 12.6 Å². The smallest absolute Gasteiger partial charge is 0.0160 e. The van der Waals surface area contributed by atoms with Gasteiger partial charge < -0.3 is 5.32 Å². The number of likely N-dealkylation sites (tertiary alicyclic amines) is 1. The van der Waals surface area contributed by atoms with Crippen LogP contribution in [0, 0.1) is 5.92 Å². The van der Waals surface area contributed by atoms with Crippen LogP contribution < -0.4 is 5.32 Å². The first kappa shape index (κ1) is 10.2. The SMILES string of the molecule is C=CCN1CCC(C2CCCN2)CC1. The minimum atomic E-state index is 0.834. The van der Waals surface area contributed by atoms with Crippen molar-refractivity contribution in [1.29, 1.82) is 0 Å². The van der Waals surface area contributed by atoms with Crippen LogP contribution in [-0.2, 0) is 0 Å². The van der Waals surface area contributed by atoms with E-state index in [-0.39, 0.29) is 0 Å². The largest absolute Gasteiger partial charge is 0.314 e. The zero-order valence-electron chi connectivity index (χ0n) is 9.04. The van der Waals surface area contributed by atoms with Gasteiger partial charge >= 0.3 is 0 Å². The zero-order chi connectivity index (χ0) is 9.80. The number of nitrogens with zero attached hydrogens (tertiary/aromatic N) is 1. The molecule has 0 spiro atoms. The van der Waals surface area contributed by atoms with Gasteiger partial charge in [0.25, 0.3) is 0 Å². The zero-order valence-corrected chi connectivity index (χ0v) is 9.04. The second-order valence-corrected chi connectivity index (χ2v) is 4.63. The monoisotopic (exact) mass is 194 g/mol. The summed E-state index contributed by atoms with van der Waals surface area (Å²) >= 11 is 0. The van der Waals surface area contributed by atoms with Crippen LogP contribution in [0.2, 0.25) is 0 Å². The van der Waals surface area contributed by atoms with Crippen LogP contribution in [-0.4, -0.2) is 37.1 Å². The molecule has 0 aromatic carbocycles. The van der Waals surface area contributed by atoms with Gasteiger partial charge in [-0.1, -0.05) is 6.08 Å². The number of hydrogen-bond donors (Lipinski definition) is 1. The number of nitrogens with one attached hydrogen (secondary N) is 1. The van der Waals surface area contributed by atoms with Gasteiger partial charge in [-0.05, 0) is 51.2 Å². The summed E-state index contributed by atoms with van der Waals surface area (Å²) in [4.78, 5) is 2.51. The Bertz CT molecular complexity index is 177. The van der Waals surface area contributed by atoms with Crippen molar-refractivity contribution in [1.82, 2.24) is 10.2 Å². The lowest BCUT2D eigenvalue weighted by Gasteiger charge is -2.34. The van der Waals surface area contributed by atoms with Gasteiger partial charge in [0.15, 0.2) is 0 Å². The lowest BCUT2D eigenvalue weighted by molar-refractivity contribution is 0.177. The first-order chi connectivity index (χ1) is 6.90. The van der Waals surface area contributed by atoms with Gasteiger partial charge in [0.2, 0.25) is 0 Å². The van der Waals surface area contributed by atoms with Crippen LogP contribution in [0.25, 0.3) is 0 Å². The molecular weight excluding hydrogens is 172 g/mol. The molecule has 0 radical (unpaired) electrons. The minimum Gasteiger partial charge on any atom is -0.314 e. The number of hydrogen-bond acceptors (Lipinski definition) is 2. The molecule has 2 aliphatic heterocycles. The van der Waals surface area contributed by atoms with Crippen LogP contribution in [0.15, 0.2) is 12.7 Å². The standard InChI is InChI=1S/C12H22N2/c1-2-8-14-9-5-11(6-10-14)12-4-3-7-13-12/h2,11-13H,1,3-10H2. The van der Waals surface area contributed by atoms with Crippen LogP contribution in [0.3, 0.4) is 0 Å². The fraction of sp³-hybridized carbons (Fsp3) is 0.833. The Morgan fingerprint density at radius 2 is 2.07 bits per heavy atom. The van der Waals surface area contributed by atoms with E-state index in [2.05, 4.69) is 16.8 Å². The maximum Gasteiger partial charge on any atom is 0.0160 e. The highest BCUT2D eigenvalue weighted by molar-refractivity contribution is 4.86. The van der Waals surface area contributed by atoms with E-state index >= 15 is 0 Å². The molecule has 2 aliphatic rings. The molecule has 2 heteroatoms. The summed E-state index contributed by atoms with van der Waals surface area (Å²) < 4.78 is 0. The molecule has 0 saturated carbocycles. The molecule has 2 rings (SSSR count).